The number of barbiturate groups is 1. The highest BCUT2D eigenvalue weighted by Gasteiger charge is 2.38. The molecule has 0 spiro atoms. The Kier molecular flexibility index (Phi) is 7.20. The number of likely N-dealkylation sites (N-methyl/N-ethyl adjacent to an activating group) is 2. The number of aryl methyl sites for hydroxylation is 2. The van der Waals surface area contributed by atoms with Gasteiger partial charge in [0.2, 0.25) is 0 Å². The molecule has 8 nitrogen and oxygen atoms in total. The standard InChI is InChI=1S/C34H32N4O4/c1-35-32(40)27(33(41)36(2)34(35)42)21-23-22-37(28-16-8-5-13-24(23)28)19-11-3-4-12-20-38-29-17-9-6-14-25(29)31(39)26-15-7-10-18-30(26)38/h5-10,13-18,21-22H,3-4,11-12,19-20H2,1-2H3. The second-order valence-electron chi connectivity index (χ2n) is 10.8. The number of nitrogens with zero attached hydrogens (tertiary/aromatic N) is 4. The first-order valence-electron chi connectivity index (χ1n) is 14.3. The molecular formula is C34H32N4O4. The molecule has 212 valence electrons. The van der Waals surface area contributed by atoms with Crippen LogP contribution < -0.4 is 5.43 Å². The van der Waals surface area contributed by atoms with Crippen molar-refractivity contribution >= 4 is 56.6 Å². The molecule has 3 aromatic carbocycles. The van der Waals surface area contributed by atoms with Crippen molar-refractivity contribution in [1.29, 1.82) is 0 Å². The largest absolute Gasteiger partial charge is 0.347 e. The number of urea groups is 1. The van der Waals surface area contributed by atoms with Crippen LogP contribution in [0.25, 0.3) is 38.8 Å². The van der Waals surface area contributed by atoms with E-state index in [1.807, 2.05) is 79.0 Å². The predicted octanol–water partition coefficient (Wildman–Crippen LogP) is 5.80. The van der Waals surface area contributed by atoms with Gasteiger partial charge in [-0.2, -0.15) is 0 Å². The van der Waals surface area contributed by atoms with E-state index >= 15 is 0 Å². The van der Waals surface area contributed by atoms with Crippen LogP contribution in [0.5, 0.6) is 0 Å². The molecular weight excluding hydrogens is 528 g/mol. The maximum Gasteiger partial charge on any atom is 0.333 e. The normalized spacial score (nSPS) is 14.1. The van der Waals surface area contributed by atoms with Crippen LogP contribution in [0.2, 0.25) is 0 Å². The van der Waals surface area contributed by atoms with Gasteiger partial charge in [-0.05, 0) is 49.2 Å². The van der Waals surface area contributed by atoms with Crippen molar-refractivity contribution in [2.45, 2.75) is 38.8 Å². The van der Waals surface area contributed by atoms with Crippen LogP contribution in [0.3, 0.4) is 0 Å². The van der Waals surface area contributed by atoms with Gasteiger partial charge in [-0.15, -0.1) is 0 Å². The van der Waals surface area contributed by atoms with Crippen LogP contribution in [-0.4, -0.2) is 50.9 Å². The SMILES string of the molecule is CN1C(=O)C(=Cc2cn(CCCCCCn3c4ccccc4c(=O)c4ccccc43)c3ccccc23)C(=O)N(C)C1=O. The van der Waals surface area contributed by atoms with Crippen LogP contribution in [0.15, 0.2) is 89.4 Å². The van der Waals surface area contributed by atoms with Gasteiger partial charge in [0.15, 0.2) is 5.43 Å². The Labute approximate surface area is 243 Å². The summed E-state index contributed by atoms with van der Waals surface area (Å²) in [6.45, 7) is 1.63. The van der Waals surface area contributed by atoms with Crippen molar-refractivity contribution in [3.8, 4) is 0 Å². The lowest BCUT2D eigenvalue weighted by Crippen LogP contribution is -2.52. The van der Waals surface area contributed by atoms with Crippen molar-refractivity contribution in [2.75, 3.05) is 14.1 Å². The van der Waals surface area contributed by atoms with Crippen LogP contribution in [0, 0.1) is 0 Å². The molecule has 5 aromatic rings. The summed E-state index contributed by atoms with van der Waals surface area (Å²) in [7, 11) is 2.76. The number of carbonyl (C=O) groups is 3. The van der Waals surface area contributed by atoms with Gasteiger partial charge in [0.05, 0.1) is 11.0 Å². The fourth-order valence-corrected chi connectivity index (χ4v) is 5.93. The summed E-state index contributed by atoms with van der Waals surface area (Å²) < 4.78 is 4.43. The highest BCUT2D eigenvalue weighted by Crippen LogP contribution is 2.27. The number of carbonyl (C=O) groups excluding carboxylic acids is 3. The molecule has 1 saturated heterocycles. The van der Waals surface area contributed by atoms with Crippen molar-refractivity contribution in [3.63, 3.8) is 0 Å². The van der Waals surface area contributed by atoms with Gasteiger partial charge in [-0.25, -0.2) is 4.79 Å². The quantitative estimate of drug-likeness (QED) is 0.104. The number of hydrogen-bond donors (Lipinski definition) is 0. The third kappa shape index (κ3) is 4.68. The first-order valence-corrected chi connectivity index (χ1v) is 14.3. The molecule has 0 N–H and O–H groups in total. The van der Waals surface area contributed by atoms with Gasteiger partial charge in [-0.1, -0.05) is 55.3 Å². The van der Waals surface area contributed by atoms with E-state index in [9.17, 15) is 19.2 Å². The monoisotopic (exact) mass is 560 g/mol. The Hall–Kier alpha value is -4.98. The fraction of sp³-hybridized carbons (Fsp3) is 0.235. The van der Waals surface area contributed by atoms with E-state index in [-0.39, 0.29) is 11.0 Å². The molecule has 8 heteroatoms. The van der Waals surface area contributed by atoms with Crippen molar-refractivity contribution < 1.29 is 14.4 Å². The molecule has 1 aliphatic rings. The Morgan fingerprint density at radius 2 is 1.10 bits per heavy atom. The second kappa shape index (κ2) is 11.1. The molecule has 0 aliphatic carbocycles. The average Bonchev–Trinajstić information content (AvgIpc) is 3.37. The molecule has 2 aromatic heterocycles. The summed E-state index contributed by atoms with van der Waals surface area (Å²) in [5, 5.41) is 2.45. The number of amides is 4. The highest BCUT2D eigenvalue weighted by molar-refractivity contribution is 6.31. The van der Waals surface area contributed by atoms with Crippen molar-refractivity contribution in [2.24, 2.45) is 0 Å². The number of para-hydroxylation sites is 3. The lowest BCUT2D eigenvalue weighted by Gasteiger charge is -2.28. The Morgan fingerprint density at radius 3 is 1.69 bits per heavy atom. The number of aromatic nitrogens is 2. The van der Waals surface area contributed by atoms with Crippen LogP contribution in [-0.2, 0) is 22.7 Å². The topological polar surface area (TPSA) is 84.6 Å². The zero-order chi connectivity index (χ0) is 29.4. The summed E-state index contributed by atoms with van der Waals surface area (Å²) in [6.07, 6.45) is 7.62. The van der Waals surface area contributed by atoms with E-state index in [1.165, 1.54) is 14.1 Å². The number of pyridine rings is 1. The minimum absolute atomic E-state index is 0.0231. The number of unbranched alkanes of at least 4 members (excludes halogenated alkanes) is 3. The Bertz CT molecular complexity index is 1880. The number of rotatable bonds is 8. The molecule has 0 atom stereocenters. The molecule has 42 heavy (non-hydrogen) atoms. The van der Waals surface area contributed by atoms with Gasteiger partial charge < -0.3 is 9.13 Å². The van der Waals surface area contributed by atoms with Gasteiger partial charge in [0, 0.05) is 60.6 Å². The van der Waals surface area contributed by atoms with Crippen LogP contribution in [0.1, 0.15) is 31.2 Å². The van der Waals surface area contributed by atoms with Crippen molar-refractivity contribution in [1.82, 2.24) is 18.9 Å². The summed E-state index contributed by atoms with van der Waals surface area (Å²) in [5.74, 6) is -1.19. The second-order valence-corrected chi connectivity index (χ2v) is 10.8. The van der Waals surface area contributed by atoms with Gasteiger partial charge in [0.25, 0.3) is 11.8 Å². The first-order chi connectivity index (χ1) is 20.4. The number of imide groups is 2. The third-order valence-electron chi connectivity index (χ3n) is 8.17. The zero-order valence-corrected chi connectivity index (χ0v) is 23.7. The number of hydrogen-bond acceptors (Lipinski definition) is 4. The zero-order valence-electron chi connectivity index (χ0n) is 23.7. The number of benzene rings is 3. The predicted molar refractivity (Wildman–Crippen MR) is 165 cm³/mol. The molecule has 4 amide bonds. The molecule has 1 fully saturated rings. The van der Waals surface area contributed by atoms with Gasteiger partial charge in [-0.3, -0.25) is 24.2 Å². The maximum atomic E-state index is 13.0. The van der Waals surface area contributed by atoms with Gasteiger partial charge in [0.1, 0.15) is 5.57 Å². The Balaban J connectivity index is 1.15. The molecule has 6 rings (SSSR count). The van der Waals surface area contributed by atoms with E-state index < -0.39 is 17.8 Å². The first kappa shape index (κ1) is 27.2. The summed E-state index contributed by atoms with van der Waals surface area (Å²) in [6, 6.07) is 22.9. The fourth-order valence-electron chi connectivity index (χ4n) is 5.93. The van der Waals surface area contributed by atoms with Gasteiger partial charge >= 0.3 is 6.03 Å². The molecule has 3 heterocycles. The molecule has 0 bridgehead atoms. The van der Waals surface area contributed by atoms with Crippen LogP contribution >= 0.6 is 0 Å². The Morgan fingerprint density at radius 1 is 0.595 bits per heavy atom. The van der Waals surface area contributed by atoms with E-state index in [0.717, 1.165) is 86.8 Å². The van der Waals surface area contributed by atoms with Crippen molar-refractivity contribution in [3.05, 3.63) is 100 Å². The van der Waals surface area contributed by atoms with Crippen LogP contribution in [0.4, 0.5) is 4.79 Å². The van der Waals surface area contributed by atoms with E-state index in [0.29, 0.717) is 0 Å². The molecule has 1 aliphatic heterocycles. The minimum Gasteiger partial charge on any atom is -0.347 e. The summed E-state index contributed by atoms with van der Waals surface area (Å²) in [5.41, 5.74) is 3.80. The smallest absolute Gasteiger partial charge is 0.333 e. The lowest BCUT2D eigenvalue weighted by atomic mass is 10.1. The van der Waals surface area contributed by atoms with E-state index in [4.69, 9.17) is 0 Å². The summed E-state index contributed by atoms with van der Waals surface area (Å²) >= 11 is 0. The molecule has 0 saturated carbocycles. The van der Waals surface area contributed by atoms with E-state index in [2.05, 4.69) is 9.13 Å². The minimum atomic E-state index is -0.633. The highest BCUT2D eigenvalue weighted by atomic mass is 16.2. The molecule has 0 unspecified atom stereocenters. The summed E-state index contributed by atoms with van der Waals surface area (Å²) in [4.78, 5) is 52.5. The third-order valence-corrected chi connectivity index (χ3v) is 8.17. The molecule has 0 radical (unpaired) electrons. The average molecular weight is 561 g/mol. The maximum absolute atomic E-state index is 13.0. The van der Waals surface area contributed by atoms with E-state index in [1.54, 1.807) is 6.08 Å². The lowest BCUT2D eigenvalue weighted by molar-refractivity contribution is -0.134. The number of fused-ring (bicyclic) bond motifs is 3.